The quantitative estimate of drug-likeness (QED) is 0.664. The molecule has 1 aromatic rings. The Balaban J connectivity index is 2.52. The van der Waals surface area contributed by atoms with E-state index in [9.17, 15) is 9.50 Å². The minimum absolute atomic E-state index is 0.134. The van der Waals surface area contributed by atoms with Crippen molar-refractivity contribution in [1.82, 2.24) is 5.32 Å². The number of hydrogen-bond donors (Lipinski definition) is 2. The molecule has 3 heteroatoms. The topological polar surface area (TPSA) is 32.3 Å². The van der Waals surface area contributed by atoms with Crippen LogP contribution in [-0.4, -0.2) is 11.7 Å². The van der Waals surface area contributed by atoms with E-state index in [4.69, 9.17) is 0 Å². The van der Waals surface area contributed by atoms with Crippen LogP contribution in [0, 0.1) is 0 Å². The van der Waals surface area contributed by atoms with Gasteiger partial charge >= 0.3 is 0 Å². The van der Waals surface area contributed by atoms with Crippen LogP contribution in [0.3, 0.4) is 0 Å². The molecule has 0 radical (unpaired) electrons. The van der Waals surface area contributed by atoms with Crippen molar-refractivity contribution in [3.63, 3.8) is 0 Å². The molecule has 1 aliphatic heterocycles. The number of aromatic hydroxyl groups is 1. The fourth-order valence-electron chi connectivity index (χ4n) is 1.88. The molecular formula is C11H14FNO. The third kappa shape index (κ3) is 1.60. The molecule has 1 aromatic carbocycles. The lowest BCUT2D eigenvalue weighted by molar-refractivity contribution is 0.180. The Hall–Kier alpha value is -1.09. The van der Waals surface area contributed by atoms with Gasteiger partial charge in [-0.25, -0.2) is 4.39 Å². The molecule has 1 heterocycles. The van der Waals surface area contributed by atoms with Crippen LogP contribution in [0.25, 0.3) is 0 Å². The number of phenolic OH excluding ortho intramolecular Hbond substituents is 1. The van der Waals surface area contributed by atoms with Crippen molar-refractivity contribution in [1.29, 1.82) is 0 Å². The third-order valence-corrected chi connectivity index (χ3v) is 2.74. The molecule has 0 saturated carbocycles. The van der Waals surface area contributed by atoms with Gasteiger partial charge in [-0.1, -0.05) is 6.07 Å². The zero-order valence-electron chi connectivity index (χ0n) is 8.18. The Morgan fingerprint density at radius 2 is 2.29 bits per heavy atom. The van der Waals surface area contributed by atoms with E-state index in [1.165, 1.54) is 6.07 Å². The first-order valence-electron chi connectivity index (χ1n) is 4.81. The molecule has 2 nitrogen and oxygen atoms in total. The number of hydrogen-bond acceptors (Lipinski definition) is 2. The number of alkyl halides is 1. The predicted octanol–water partition coefficient (Wildman–Crippen LogP) is 2.07. The monoisotopic (exact) mass is 195 g/mol. The molecule has 0 spiro atoms. The molecule has 2 N–H and O–H groups in total. The second-order valence-corrected chi connectivity index (χ2v) is 3.97. The summed E-state index contributed by atoms with van der Waals surface area (Å²) in [4.78, 5) is 0. The lowest BCUT2D eigenvalue weighted by Crippen LogP contribution is -2.18. The SMILES string of the molecule is CC1(F)CCNCc2ccc(O)cc21. The standard InChI is InChI=1S/C11H14FNO/c1-11(12)4-5-13-7-8-2-3-9(14)6-10(8)11/h2-3,6,13-14H,4-5,7H2,1H3. The Bertz CT molecular complexity index is 349. The number of phenols is 1. The molecule has 0 aromatic heterocycles. The summed E-state index contributed by atoms with van der Waals surface area (Å²) in [6, 6.07) is 4.91. The first kappa shape index (κ1) is 9.46. The molecular weight excluding hydrogens is 181 g/mol. The molecule has 0 amide bonds. The van der Waals surface area contributed by atoms with E-state index in [0.717, 1.165) is 5.56 Å². The maximum absolute atomic E-state index is 14.2. The highest BCUT2D eigenvalue weighted by Gasteiger charge is 2.30. The Labute approximate surface area is 82.8 Å². The van der Waals surface area contributed by atoms with Crippen molar-refractivity contribution in [3.05, 3.63) is 29.3 Å². The highest BCUT2D eigenvalue weighted by Crippen LogP contribution is 2.35. The minimum Gasteiger partial charge on any atom is -0.508 e. The van der Waals surface area contributed by atoms with Crippen LogP contribution in [-0.2, 0) is 12.2 Å². The maximum atomic E-state index is 14.2. The Morgan fingerprint density at radius 3 is 3.07 bits per heavy atom. The van der Waals surface area contributed by atoms with Crippen LogP contribution in [0.2, 0.25) is 0 Å². The second-order valence-electron chi connectivity index (χ2n) is 3.97. The van der Waals surface area contributed by atoms with Crippen LogP contribution in [0.1, 0.15) is 24.5 Å². The number of fused-ring (bicyclic) bond motifs is 1. The van der Waals surface area contributed by atoms with Crippen LogP contribution in [0.15, 0.2) is 18.2 Å². The maximum Gasteiger partial charge on any atom is 0.134 e. The van der Waals surface area contributed by atoms with Gasteiger partial charge in [0.1, 0.15) is 11.4 Å². The van der Waals surface area contributed by atoms with Crippen molar-refractivity contribution in [2.45, 2.75) is 25.6 Å². The highest BCUT2D eigenvalue weighted by molar-refractivity contribution is 5.39. The van der Waals surface area contributed by atoms with Crippen molar-refractivity contribution in [2.75, 3.05) is 6.54 Å². The van der Waals surface area contributed by atoms with Gasteiger partial charge in [0.15, 0.2) is 0 Å². The smallest absolute Gasteiger partial charge is 0.134 e. The number of benzene rings is 1. The normalized spacial score (nSPS) is 26.7. The molecule has 0 saturated heterocycles. The Morgan fingerprint density at radius 1 is 1.50 bits per heavy atom. The molecule has 0 bridgehead atoms. The summed E-state index contributed by atoms with van der Waals surface area (Å²) in [5, 5.41) is 12.5. The van der Waals surface area contributed by atoms with Crippen LogP contribution in [0.5, 0.6) is 5.75 Å². The van der Waals surface area contributed by atoms with E-state index in [0.29, 0.717) is 25.1 Å². The van der Waals surface area contributed by atoms with Crippen LogP contribution < -0.4 is 5.32 Å². The third-order valence-electron chi connectivity index (χ3n) is 2.74. The summed E-state index contributed by atoms with van der Waals surface area (Å²) in [5.41, 5.74) is 0.213. The van der Waals surface area contributed by atoms with Crippen molar-refractivity contribution >= 4 is 0 Å². The zero-order valence-corrected chi connectivity index (χ0v) is 8.18. The molecule has 1 unspecified atom stereocenters. The molecule has 1 aliphatic rings. The van der Waals surface area contributed by atoms with Gasteiger partial charge in [-0.05, 0) is 43.1 Å². The summed E-state index contributed by atoms with van der Waals surface area (Å²) in [6.07, 6.45) is 0.448. The zero-order chi connectivity index (χ0) is 10.2. The lowest BCUT2D eigenvalue weighted by Gasteiger charge is -2.20. The summed E-state index contributed by atoms with van der Waals surface area (Å²) in [6.45, 7) is 2.91. The van der Waals surface area contributed by atoms with Crippen LogP contribution >= 0.6 is 0 Å². The highest BCUT2D eigenvalue weighted by atomic mass is 19.1. The average Bonchev–Trinajstić information content (AvgIpc) is 2.26. The predicted molar refractivity (Wildman–Crippen MR) is 52.9 cm³/mol. The van der Waals surface area contributed by atoms with Gasteiger partial charge in [-0.2, -0.15) is 0 Å². The molecule has 0 fully saturated rings. The van der Waals surface area contributed by atoms with E-state index in [1.54, 1.807) is 19.1 Å². The van der Waals surface area contributed by atoms with Gasteiger partial charge in [0, 0.05) is 6.54 Å². The summed E-state index contributed by atoms with van der Waals surface area (Å²) in [5.74, 6) is 0.134. The fraction of sp³-hybridized carbons (Fsp3) is 0.455. The van der Waals surface area contributed by atoms with E-state index in [-0.39, 0.29) is 5.75 Å². The van der Waals surface area contributed by atoms with Gasteiger partial charge in [0.2, 0.25) is 0 Å². The second kappa shape index (κ2) is 3.24. The van der Waals surface area contributed by atoms with Gasteiger partial charge < -0.3 is 10.4 Å². The van der Waals surface area contributed by atoms with Crippen molar-refractivity contribution in [3.8, 4) is 5.75 Å². The molecule has 2 rings (SSSR count). The van der Waals surface area contributed by atoms with E-state index in [2.05, 4.69) is 5.32 Å². The number of rotatable bonds is 0. The summed E-state index contributed by atoms with van der Waals surface area (Å²) < 4.78 is 14.2. The summed E-state index contributed by atoms with van der Waals surface area (Å²) >= 11 is 0. The minimum atomic E-state index is -1.34. The van der Waals surface area contributed by atoms with Gasteiger partial charge in [0.05, 0.1) is 0 Å². The molecule has 0 aliphatic carbocycles. The van der Waals surface area contributed by atoms with E-state index < -0.39 is 5.67 Å². The number of nitrogens with one attached hydrogen (secondary N) is 1. The van der Waals surface area contributed by atoms with Crippen molar-refractivity contribution < 1.29 is 9.50 Å². The average molecular weight is 195 g/mol. The first-order valence-corrected chi connectivity index (χ1v) is 4.81. The molecule has 14 heavy (non-hydrogen) atoms. The summed E-state index contributed by atoms with van der Waals surface area (Å²) in [7, 11) is 0. The Kier molecular flexibility index (Phi) is 2.19. The lowest BCUT2D eigenvalue weighted by atomic mass is 9.91. The molecule has 1 atom stereocenters. The van der Waals surface area contributed by atoms with Crippen LogP contribution in [0.4, 0.5) is 4.39 Å². The first-order chi connectivity index (χ1) is 6.59. The van der Waals surface area contributed by atoms with Gasteiger partial charge in [-0.15, -0.1) is 0 Å². The number of halogens is 1. The fourth-order valence-corrected chi connectivity index (χ4v) is 1.88. The van der Waals surface area contributed by atoms with Gasteiger partial charge in [0.25, 0.3) is 0 Å². The van der Waals surface area contributed by atoms with Gasteiger partial charge in [-0.3, -0.25) is 0 Å². The van der Waals surface area contributed by atoms with E-state index >= 15 is 0 Å². The largest absolute Gasteiger partial charge is 0.508 e. The molecule has 76 valence electrons. The van der Waals surface area contributed by atoms with E-state index in [1.807, 2.05) is 0 Å². The van der Waals surface area contributed by atoms with Crippen molar-refractivity contribution in [2.24, 2.45) is 0 Å².